The van der Waals surface area contributed by atoms with Crippen molar-refractivity contribution in [1.82, 2.24) is 19.9 Å². The van der Waals surface area contributed by atoms with Crippen molar-refractivity contribution in [3.63, 3.8) is 0 Å². The van der Waals surface area contributed by atoms with Gasteiger partial charge in [0.2, 0.25) is 5.67 Å². The Bertz CT molecular complexity index is 1240. The van der Waals surface area contributed by atoms with Gasteiger partial charge in [0.1, 0.15) is 0 Å². The third kappa shape index (κ3) is 3.65. The summed E-state index contributed by atoms with van der Waals surface area (Å²) in [6, 6.07) is 30.8. The van der Waals surface area contributed by atoms with Crippen molar-refractivity contribution in [3.05, 3.63) is 132 Å². The van der Waals surface area contributed by atoms with E-state index in [1.807, 2.05) is 66.7 Å². The Morgan fingerprint density at radius 3 is 1.41 bits per heavy atom. The summed E-state index contributed by atoms with van der Waals surface area (Å²) in [5.74, 6) is 0. The Labute approximate surface area is 185 Å². The summed E-state index contributed by atoms with van der Waals surface area (Å²) in [4.78, 5) is 18.1. The van der Waals surface area contributed by atoms with Gasteiger partial charge >= 0.3 is 0 Å². The van der Waals surface area contributed by atoms with Crippen molar-refractivity contribution in [2.75, 3.05) is 0 Å². The van der Waals surface area contributed by atoms with Gasteiger partial charge in [-0.1, -0.05) is 54.6 Å². The lowest BCUT2D eigenvalue weighted by molar-refractivity contribution is 0.266. The highest BCUT2D eigenvalue weighted by Gasteiger charge is 2.40. The molecule has 0 aliphatic carbocycles. The normalized spacial score (nSPS) is 11.3. The molecular formula is C27H19FN4. The van der Waals surface area contributed by atoms with Gasteiger partial charge in [0.25, 0.3) is 0 Å². The summed E-state index contributed by atoms with van der Waals surface area (Å²) < 4.78 is 17.2. The molecule has 0 atom stereocenters. The molecule has 5 heteroatoms. The van der Waals surface area contributed by atoms with E-state index in [0.717, 1.165) is 0 Å². The molecule has 0 amide bonds. The lowest BCUT2D eigenvalue weighted by Crippen LogP contribution is -2.26. The summed E-state index contributed by atoms with van der Waals surface area (Å²) in [7, 11) is 0. The van der Waals surface area contributed by atoms with Crippen molar-refractivity contribution >= 4 is 0 Å². The van der Waals surface area contributed by atoms with Crippen LogP contribution >= 0.6 is 0 Å². The zero-order chi connectivity index (χ0) is 21.8. The molecule has 0 bridgehead atoms. The number of halogens is 1. The highest BCUT2D eigenvalue weighted by atomic mass is 19.1. The average Bonchev–Trinajstić information content (AvgIpc) is 2.90. The van der Waals surface area contributed by atoms with Crippen molar-refractivity contribution in [2.45, 2.75) is 5.67 Å². The Hall–Kier alpha value is -4.25. The number of hydrogen-bond donors (Lipinski definition) is 0. The molecule has 0 spiro atoms. The number of hydrogen-bond acceptors (Lipinski definition) is 4. The molecule has 0 saturated heterocycles. The van der Waals surface area contributed by atoms with Crippen molar-refractivity contribution in [2.24, 2.45) is 0 Å². The summed E-state index contributed by atoms with van der Waals surface area (Å²) in [5, 5.41) is 0. The average molecular weight is 418 g/mol. The number of benzene rings is 1. The van der Waals surface area contributed by atoms with E-state index >= 15 is 4.39 Å². The molecule has 4 aromatic heterocycles. The first-order valence-electron chi connectivity index (χ1n) is 10.3. The second kappa shape index (κ2) is 8.47. The van der Waals surface area contributed by atoms with E-state index in [1.165, 1.54) is 0 Å². The van der Waals surface area contributed by atoms with E-state index < -0.39 is 5.67 Å². The van der Waals surface area contributed by atoms with Crippen LogP contribution in [0.4, 0.5) is 4.39 Å². The quantitative estimate of drug-likeness (QED) is 0.359. The maximum Gasteiger partial charge on any atom is 0.219 e. The second-order valence-corrected chi connectivity index (χ2v) is 7.27. The van der Waals surface area contributed by atoms with Crippen LogP contribution in [-0.2, 0) is 5.67 Å². The number of alkyl halides is 1. The predicted molar refractivity (Wildman–Crippen MR) is 122 cm³/mol. The third-order valence-corrected chi connectivity index (χ3v) is 5.23. The molecule has 32 heavy (non-hydrogen) atoms. The zero-order valence-corrected chi connectivity index (χ0v) is 17.1. The number of rotatable bonds is 5. The monoisotopic (exact) mass is 418 g/mol. The van der Waals surface area contributed by atoms with Gasteiger partial charge < -0.3 is 0 Å². The van der Waals surface area contributed by atoms with Crippen LogP contribution in [0.3, 0.4) is 0 Å². The van der Waals surface area contributed by atoms with Gasteiger partial charge in [-0.25, -0.2) is 14.4 Å². The van der Waals surface area contributed by atoms with E-state index in [9.17, 15) is 0 Å². The summed E-state index contributed by atoms with van der Waals surface area (Å²) >= 11 is 0. The van der Waals surface area contributed by atoms with Crippen molar-refractivity contribution in [3.8, 4) is 22.8 Å². The topological polar surface area (TPSA) is 51.6 Å². The van der Waals surface area contributed by atoms with E-state index in [2.05, 4.69) is 19.9 Å². The van der Waals surface area contributed by atoms with Crippen LogP contribution < -0.4 is 0 Å². The minimum atomic E-state index is -2.06. The molecule has 154 valence electrons. The highest BCUT2D eigenvalue weighted by molar-refractivity contribution is 5.57. The molecule has 0 aliphatic heterocycles. The number of pyridine rings is 4. The molecule has 0 fully saturated rings. The fourth-order valence-electron chi connectivity index (χ4n) is 3.66. The Kier molecular flexibility index (Phi) is 5.22. The molecule has 4 heterocycles. The van der Waals surface area contributed by atoms with Gasteiger partial charge in [0, 0.05) is 18.0 Å². The minimum Gasteiger partial charge on any atom is -0.255 e. The molecule has 0 aliphatic rings. The number of aromatic nitrogens is 4. The summed E-state index contributed by atoms with van der Waals surface area (Å²) in [5.41, 5.74) is 1.45. The second-order valence-electron chi connectivity index (χ2n) is 7.27. The van der Waals surface area contributed by atoms with Gasteiger partial charge in [0.05, 0.1) is 34.2 Å². The van der Waals surface area contributed by atoms with Gasteiger partial charge in [-0.05, 0) is 48.5 Å². The fourth-order valence-corrected chi connectivity index (χ4v) is 3.66. The summed E-state index contributed by atoms with van der Waals surface area (Å²) in [6.45, 7) is 0. The van der Waals surface area contributed by atoms with E-state index in [4.69, 9.17) is 0 Å². The number of nitrogens with zero attached hydrogens (tertiary/aromatic N) is 4. The predicted octanol–water partition coefficient (Wildman–Crippen LogP) is 5.86. The zero-order valence-electron chi connectivity index (χ0n) is 17.1. The molecule has 1 aromatic carbocycles. The molecule has 0 saturated carbocycles. The van der Waals surface area contributed by atoms with Gasteiger partial charge in [0.15, 0.2) is 0 Å². The molecule has 0 unspecified atom stereocenters. The maximum atomic E-state index is 17.2. The molecule has 5 aromatic rings. The molecule has 0 N–H and O–H groups in total. The van der Waals surface area contributed by atoms with Crippen molar-refractivity contribution in [1.29, 1.82) is 0 Å². The summed E-state index contributed by atoms with van der Waals surface area (Å²) in [6.07, 6.45) is 3.39. The van der Waals surface area contributed by atoms with Gasteiger partial charge in [-0.3, -0.25) is 9.97 Å². The minimum absolute atomic E-state index is 0.248. The lowest BCUT2D eigenvalue weighted by Gasteiger charge is -2.26. The molecule has 0 radical (unpaired) electrons. The van der Waals surface area contributed by atoms with Crippen LogP contribution in [0.15, 0.2) is 116 Å². The van der Waals surface area contributed by atoms with Crippen LogP contribution in [0.5, 0.6) is 0 Å². The third-order valence-electron chi connectivity index (χ3n) is 5.23. The van der Waals surface area contributed by atoms with Crippen LogP contribution in [0, 0.1) is 0 Å². The van der Waals surface area contributed by atoms with Gasteiger partial charge in [-0.2, -0.15) is 0 Å². The van der Waals surface area contributed by atoms with Gasteiger partial charge in [-0.15, -0.1) is 0 Å². The first-order valence-corrected chi connectivity index (χ1v) is 10.3. The molecule has 5 rings (SSSR count). The Balaban J connectivity index is 1.70. The Morgan fingerprint density at radius 1 is 0.469 bits per heavy atom. The largest absolute Gasteiger partial charge is 0.255 e. The van der Waals surface area contributed by atoms with Crippen molar-refractivity contribution < 1.29 is 4.39 Å². The fraction of sp³-hybridized carbons (Fsp3) is 0.0370. The van der Waals surface area contributed by atoms with E-state index in [-0.39, 0.29) is 11.4 Å². The standard InChI is InChI=1S/C27H19FN4/c28-27(20-10-2-1-3-11-20,25-16-8-14-23(31-25)21-12-4-6-18-29-21)26-17-9-15-24(32-26)22-13-5-7-19-30-22/h1-19H. The van der Waals surface area contributed by atoms with E-state index in [0.29, 0.717) is 28.3 Å². The lowest BCUT2D eigenvalue weighted by atomic mass is 9.87. The van der Waals surface area contributed by atoms with Crippen LogP contribution in [-0.4, -0.2) is 19.9 Å². The Morgan fingerprint density at radius 2 is 0.938 bits per heavy atom. The van der Waals surface area contributed by atoms with Crippen LogP contribution in [0.1, 0.15) is 17.0 Å². The first-order chi connectivity index (χ1) is 15.7. The molecular weight excluding hydrogens is 399 g/mol. The highest BCUT2D eigenvalue weighted by Crippen LogP contribution is 2.39. The van der Waals surface area contributed by atoms with Crippen LogP contribution in [0.2, 0.25) is 0 Å². The first kappa shape index (κ1) is 19.7. The van der Waals surface area contributed by atoms with Crippen LogP contribution in [0.25, 0.3) is 22.8 Å². The SMILES string of the molecule is FC(c1ccccc1)(c1cccc(-c2ccccn2)n1)c1cccc(-c2ccccn2)n1. The molecule has 4 nitrogen and oxygen atoms in total. The van der Waals surface area contributed by atoms with E-state index in [1.54, 1.807) is 48.8 Å². The maximum absolute atomic E-state index is 17.2. The smallest absolute Gasteiger partial charge is 0.219 e.